The number of halogens is 1. The summed E-state index contributed by atoms with van der Waals surface area (Å²) in [4.78, 5) is 22.4. The van der Waals surface area contributed by atoms with Gasteiger partial charge in [0.25, 0.3) is 0 Å². The van der Waals surface area contributed by atoms with Crippen molar-refractivity contribution in [2.24, 2.45) is 11.5 Å². The normalized spacial score (nSPS) is 24.8. The number of amides is 2. The van der Waals surface area contributed by atoms with Gasteiger partial charge < -0.3 is 16.8 Å². The smallest absolute Gasteiger partial charge is 0.237 e. The van der Waals surface area contributed by atoms with Crippen LogP contribution < -0.4 is 16.8 Å². The van der Waals surface area contributed by atoms with Crippen LogP contribution in [0.2, 0.25) is 0 Å². The largest absolute Gasteiger partial charge is 0.370 e. The number of primary amides is 1. The van der Waals surface area contributed by atoms with Crippen molar-refractivity contribution in [3.8, 4) is 0 Å². The van der Waals surface area contributed by atoms with Gasteiger partial charge in [-0.1, -0.05) is 6.42 Å². The van der Waals surface area contributed by atoms with Gasteiger partial charge in [0.2, 0.25) is 11.8 Å². The van der Waals surface area contributed by atoms with E-state index in [0.717, 1.165) is 19.3 Å². The molecule has 5 nitrogen and oxygen atoms in total. The van der Waals surface area contributed by atoms with Crippen LogP contribution in [0.4, 0.5) is 0 Å². The van der Waals surface area contributed by atoms with E-state index in [1.807, 2.05) is 11.8 Å². The minimum absolute atomic E-state index is 0. The number of thioether (sulfide) groups is 1. The highest BCUT2D eigenvalue weighted by Gasteiger charge is 2.24. The number of hydrogen-bond donors (Lipinski definition) is 3. The second-order valence-corrected chi connectivity index (χ2v) is 5.64. The van der Waals surface area contributed by atoms with Crippen LogP contribution in [0, 0.1) is 0 Å². The SMILES string of the molecule is CSC1CCCC(NC(=O)C(N)CC(N)=O)C1.Cl. The van der Waals surface area contributed by atoms with Gasteiger partial charge >= 0.3 is 0 Å². The zero-order valence-electron chi connectivity index (χ0n) is 10.6. The lowest BCUT2D eigenvalue weighted by Gasteiger charge is -2.29. The second kappa shape index (κ2) is 8.61. The highest BCUT2D eigenvalue weighted by atomic mass is 35.5. The molecular formula is C11H22ClN3O2S. The molecule has 0 spiro atoms. The van der Waals surface area contributed by atoms with Gasteiger partial charge in [0, 0.05) is 11.3 Å². The third kappa shape index (κ3) is 5.93. The molecule has 0 heterocycles. The van der Waals surface area contributed by atoms with E-state index in [1.165, 1.54) is 6.42 Å². The Bertz CT molecular complexity index is 291. The number of nitrogens with two attached hydrogens (primary N) is 2. The number of carbonyl (C=O) groups excluding carboxylic acids is 2. The Hall–Kier alpha value is -0.460. The van der Waals surface area contributed by atoms with Gasteiger partial charge in [-0.3, -0.25) is 9.59 Å². The molecule has 18 heavy (non-hydrogen) atoms. The van der Waals surface area contributed by atoms with Crippen molar-refractivity contribution in [1.29, 1.82) is 0 Å². The van der Waals surface area contributed by atoms with Crippen molar-refractivity contribution in [3.05, 3.63) is 0 Å². The van der Waals surface area contributed by atoms with E-state index in [-0.39, 0.29) is 30.8 Å². The zero-order chi connectivity index (χ0) is 12.8. The van der Waals surface area contributed by atoms with E-state index in [0.29, 0.717) is 5.25 Å². The molecule has 0 aromatic rings. The van der Waals surface area contributed by atoms with Crippen LogP contribution in [0.25, 0.3) is 0 Å². The highest BCUT2D eigenvalue weighted by molar-refractivity contribution is 7.99. The van der Waals surface area contributed by atoms with Crippen molar-refractivity contribution in [1.82, 2.24) is 5.32 Å². The summed E-state index contributed by atoms with van der Waals surface area (Å²) < 4.78 is 0. The predicted octanol–water partition coefficient (Wildman–Crippen LogP) is 0.401. The number of hydrogen-bond acceptors (Lipinski definition) is 4. The number of carbonyl (C=O) groups is 2. The Labute approximate surface area is 118 Å². The summed E-state index contributed by atoms with van der Waals surface area (Å²) in [6.45, 7) is 0. The fraction of sp³-hybridized carbons (Fsp3) is 0.818. The topological polar surface area (TPSA) is 98.2 Å². The van der Waals surface area contributed by atoms with Gasteiger partial charge in [0.1, 0.15) is 0 Å². The van der Waals surface area contributed by atoms with Gasteiger partial charge in [-0.2, -0.15) is 11.8 Å². The van der Waals surface area contributed by atoms with Gasteiger partial charge in [-0.05, 0) is 25.5 Å². The number of nitrogens with one attached hydrogen (secondary N) is 1. The van der Waals surface area contributed by atoms with Crippen molar-refractivity contribution in [3.63, 3.8) is 0 Å². The molecule has 0 aromatic carbocycles. The quantitative estimate of drug-likeness (QED) is 0.684. The van der Waals surface area contributed by atoms with Crippen molar-refractivity contribution in [2.45, 2.75) is 49.4 Å². The molecule has 0 radical (unpaired) electrons. The molecule has 106 valence electrons. The lowest BCUT2D eigenvalue weighted by atomic mass is 9.94. The molecule has 1 rings (SSSR count). The van der Waals surface area contributed by atoms with Crippen LogP contribution in [0.15, 0.2) is 0 Å². The number of rotatable bonds is 5. The molecule has 0 aromatic heterocycles. The first-order valence-corrected chi connectivity index (χ1v) is 7.18. The summed E-state index contributed by atoms with van der Waals surface area (Å²) in [5, 5.41) is 3.52. The molecule has 1 fully saturated rings. The maximum Gasteiger partial charge on any atom is 0.237 e. The third-order valence-electron chi connectivity index (χ3n) is 3.06. The average molecular weight is 296 g/mol. The molecule has 5 N–H and O–H groups in total. The van der Waals surface area contributed by atoms with E-state index < -0.39 is 11.9 Å². The lowest BCUT2D eigenvalue weighted by Crippen LogP contribution is -2.48. The summed E-state index contributed by atoms with van der Waals surface area (Å²) in [5.41, 5.74) is 10.6. The van der Waals surface area contributed by atoms with E-state index in [9.17, 15) is 9.59 Å². The molecule has 1 aliphatic carbocycles. The summed E-state index contributed by atoms with van der Waals surface area (Å²) in [7, 11) is 0. The predicted molar refractivity (Wildman–Crippen MR) is 76.7 cm³/mol. The van der Waals surface area contributed by atoms with Gasteiger partial charge in [-0.15, -0.1) is 12.4 Å². The molecule has 0 aliphatic heterocycles. The van der Waals surface area contributed by atoms with Crippen molar-refractivity contribution >= 4 is 36.0 Å². The molecule has 1 aliphatic rings. The van der Waals surface area contributed by atoms with Crippen molar-refractivity contribution in [2.75, 3.05) is 6.26 Å². The molecule has 1 saturated carbocycles. The standard InChI is InChI=1S/C11H21N3O2S.ClH/c1-17-8-4-2-3-7(5-8)14-11(16)9(12)6-10(13)15;/h7-9H,2-6,12H2,1H3,(H2,13,15)(H,14,16);1H. The zero-order valence-corrected chi connectivity index (χ0v) is 12.2. The second-order valence-electron chi connectivity index (χ2n) is 4.51. The van der Waals surface area contributed by atoms with Crippen LogP contribution in [0.3, 0.4) is 0 Å². The van der Waals surface area contributed by atoms with E-state index >= 15 is 0 Å². The summed E-state index contributed by atoms with van der Waals surface area (Å²) >= 11 is 1.84. The lowest BCUT2D eigenvalue weighted by molar-refractivity contribution is -0.127. The molecule has 7 heteroatoms. The van der Waals surface area contributed by atoms with Gasteiger partial charge in [0.05, 0.1) is 12.5 Å². The van der Waals surface area contributed by atoms with Crippen LogP contribution in [-0.4, -0.2) is 35.4 Å². The van der Waals surface area contributed by atoms with Gasteiger partial charge in [0.15, 0.2) is 0 Å². The monoisotopic (exact) mass is 295 g/mol. The van der Waals surface area contributed by atoms with Crippen molar-refractivity contribution < 1.29 is 9.59 Å². The first-order valence-electron chi connectivity index (χ1n) is 5.90. The highest BCUT2D eigenvalue weighted by Crippen LogP contribution is 2.26. The van der Waals surface area contributed by atoms with Crippen LogP contribution in [0.1, 0.15) is 32.1 Å². The Balaban J connectivity index is 0.00000289. The summed E-state index contributed by atoms with van der Waals surface area (Å²) in [5.74, 6) is -0.811. The Morgan fingerprint density at radius 1 is 1.44 bits per heavy atom. The first-order chi connectivity index (χ1) is 8.02. The van der Waals surface area contributed by atoms with Crippen LogP contribution in [0.5, 0.6) is 0 Å². The summed E-state index contributed by atoms with van der Waals surface area (Å²) in [6, 6.07) is -0.630. The Morgan fingerprint density at radius 2 is 2.11 bits per heavy atom. The fourth-order valence-electron chi connectivity index (χ4n) is 2.11. The van der Waals surface area contributed by atoms with E-state index in [2.05, 4.69) is 11.6 Å². The fourth-order valence-corrected chi connectivity index (χ4v) is 2.93. The average Bonchev–Trinajstić information content (AvgIpc) is 2.28. The molecule has 3 atom stereocenters. The maximum absolute atomic E-state index is 11.7. The third-order valence-corrected chi connectivity index (χ3v) is 4.16. The molecule has 2 amide bonds. The Morgan fingerprint density at radius 3 is 2.67 bits per heavy atom. The summed E-state index contributed by atoms with van der Waals surface area (Å²) in [6.07, 6.45) is 6.31. The first kappa shape index (κ1) is 17.5. The minimum atomic E-state index is -0.817. The van der Waals surface area contributed by atoms with Crippen LogP contribution in [-0.2, 0) is 9.59 Å². The van der Waals surface area contributed by atoms with E-state index in [4.69, 9.17) is 11.5 Å². The van der Waals surface area contributed by atoms with E-state index in [1.54, 1.807) is 0 Å². The maximum atomic E-state index is 11.7. The molecule has 3 unspecified atom stereocenters. The molecular weight excluding hydrogens is 274 g/mol. The van der Waals surface area contributed by atoms with Gasteiger partial charge in [-0.25, -0.2) is 0 Å². The molecule has 0 saturated heterocycles. The molecule has 0 bridgehead atoms. The Kier molecular flexibility index (Phi) is 8.39. The minimum Gasteiger partial charge on any atom is -0.370 e. The van der Waals surface area contributed by atoms with Crippen LogP contribution >= 0.6 is 24.2 Å².